The van der Waals surface area contributed by atoms with Gasteiger partial charge in [0.2, 0.25) is 0 Å². The van der Waals surface area contributed by atoms with E-state index < -0.39 is 37.0 Å². The largest absolute Gasteiger partial charge is 0.479 e. The monoisotopic (exact) mass is 178 g/mol. The van der Waals surface area contributed by atoms with Crippen LogP contribution in [0.3, 0.4) is 0 Å². The third-order valence-corrected chi connectivity index (χ3v) is 1.79. The fourth-order valence-corrected chi connectivity index (χ4v) is 1.10. The quantitative estimate of drug-likeness (QED) is 0.374. The zero-order chi connectivity index (χ0) is 9.30. The van der Waals surface area contributed by atoms with Crippen LogP contribution in [0.25, 0.3) is 0 Å². The zero-order valence-electron chi connectivity index (χ0n) is 6.12. The Morgan fingerprint density at radius 2 is 1.92 bits per heavy atom. The summed E-state index contributed by atoms with van der Waals surface area (Å²) < 4.78 is 4.65. The Bertz CT molecular complexity index is 181. The Morgan fingerprint density at radius 3 is 2.17 bits per heavy atom. The lowest BCUT2D eigenvalue weighted by atomic mass is 10.1. The molecular weight excluding hydrogens is 168 g/mol. The van der Waals surface area contributed by atoms with E-state index in [0.717, 1.165) is 0 Å². The normalized spacial score (nSPS) is 41.6. The van der Waals surface area contributed by atoms with Crippen molar-refractivity contribution in [1.82, 2.24) is 0 Å². The molecule has 0 amide bonds. The van der Waals surface area contributed by atoms with E-state index in [0.29, 0.717) is 0 Å². The maximum Gasteiger partial charge on any atom is 0.335 e. The van der Waals surface area contributed by atoms with Gasteiger partial charge in [0, 0.05) is 0 Å². The maximum atomic E-state index is 10.3. The molecule has 1 fully saturated rings. The Balaban J connectivity index is 2.66. The third kappa shape index (κ3) is 1.42. The van der Waals surface area contributed by atoms with E-state index in [9.17, 15) is 4.79 Å². The number of aliphatic hydroxyl groups is 3. The van der Waals surface area contributed by atoms with Crippen molar-refractivity contribution in [2.24, 2.45) is 0 Å². The Morgan fingerprint density at radius 1 is 1.33 bits per heavy atom. The molecule has 1 aliphatic rings. The van der Waals surface area contributed by atoms with Crippen LogP contribution in [0.1, 0.15) is 0 Å². The van der Waals surface area contributed by atoms with Gasteiger partial charge in [-0.15, -0.1) is 0 Å². The van der Waals surface area contributed by atoms with Gasteiger partial charge in [0.1, 0.15) is 18.3 Å². The minimum Gasteiger partial charge on any atom is -0.479 e. The minimum absolute atomic E-state index is 0.512. The molecule has 1 saturated heterocycles. The molecule has 6 nitrogen and oxygen atoms in total. The summed E-state index contributed by atoms with van der Waals surface area (Å²) >= 11 is 0. The standard InChI is InChI=1S/C6H10O6/c7-1-2-3(8)4(9)5(12-2)6(10)11/h2-5,7-9H,1H2,(H,10,11)/t2-,3-,4-,5-/m1/s1. The second-order valence-corrected chi connectivity index (χ2v) is 2.60. The molecule has 4 N–H and O–H groups in total. The van der Waals surface area contributed by atoms with Gasteiger partial charge in [-0.25, -0.2) is 4.79 Å². The van der Waals surface area contributed by atoms with Crippen LogP contribution in [0.2, 0.25) is 0 Å². The number of carbonyl (C=O) groups is 1. The minimum atomic E-state index is -1.47. The lowest BCUT2D eigenvalue weighted by molar-refractivity contribution is -0.153. The smallest absolute Gasteiger partial charge is 0.335 e. The van der Waals surface area contributed by atoms with E-state index in [1.54, 1.807) is 0 Å². The first kappa shape index (κ1) is 9.40. The van der Waals surface area contributed by atoms with Crippen molar-refractivity contribution in [2.75, 3.05) is 6.61 Å². The lowest BCUT2D eigenvalue weighted by Crippen LogP contribution is -2.36. The number of aliphatic hydroxyl groups excluding tert-OH is 3. The van der Waals surface area contributed by atoms with Crippen molar-refractivity contribution in [3.05, 3.63) is 0 Å². The summed E-state index contributed by atoms with van der Waals surface area (Å²) in [6.07, 6.45) is -5.27. The van der Waals surface area contributed by atoms with Gasteiger partial charge in [-0.1, -0.05) is 0 Å². The molecule has 0 aliphatic carbocycles. The second-order valence-electron chi connectivity index (χ2n) is 2.60. The summed E-state index contributed by atoms with van der Waals surface area (Å²) in [5.74, 6) is -1.35. The van der Waals surface area contributed by atoms with Crippen LogP contribution in [-0.4, -0.2) is 57.4 Å². The van der Waals surface area contributed by atoms with Crippen LogP contribution in [-0.2, 0) is 9.53 Å². The molecule has 12 heavy (non-hydrogen) atoms. The highest BCUT2D eigenvalue weighted by molar-refractivity contribution is 5.73. The number of carboxylic acid groups (broad SMARTS) is 1. The number of carboxylic acids is 1. The van der Waals surface area contributed by atoms with Crippen LogP contribution in [0.5, 0.6) is 0 Å². The molecule has 0 aromatic carbocycles. The van der Waals surface area contributed by atoms with Crippen molar-refractivity contribution >= 4 is 5.97 Å². The van der Waals surface area contributed by atoms with Crippen molar-refractivity contribution < 1.29 is 30.0 Å². The predicted molar refractivity (Wildman–Crippen MR) is 35.4 cm³/mol. The predicted octanol–water partition coefficient (Wildman–Crippen LogP) is -2.45. The van der Waals surface area contributed by atoms with Gasteiger partial charge in [0.15, 0.2) is 6.10 Å². The molecule has 1 aliphatic heterocycles. The number of aliphatic carboxylic acids is 1. The third-order valence-electron chi connectivity index (χ3n) is 1.79. The summed E-state index contributed by atoms with van der Waals surface area (Å²) in [5.41, 5.74) is 0. The van der Waals surface area contributed by atoms with Crippen LogP contribution in [0.4, 0.5) is 0 Å². The van der Waals surface area contributed by atoms with E-state index in [2.05, 4.69) is 4.74 Å². The van der Waals surface area contributed by atoms with Gasteiger partial charge in [-0.2, -0.15) is 0 Å². The average Bonchev–Trinajstić information content (AvgIpc) is 2.30. The summed E-state index contributed by atoms with van der Waals surface area (Å²) in [7, 11) is 0. The number of hydrogen-bond donors (Lipinski definition) is 4. The van der Waals surface area contributed by atoms with Crippen molar-refractivity contribution in [2.45, 2.75) is 24.4 Å². The van der Waals surface area contributed by atoms with E-state index >= 15 is 0 Å². The zero-order valence-corrected chi connectivity index (χ0v) is 6.12. The van der Waals surface area contributed by atoms with Crippen LogP contribution in [0.15, 0.2) is 0 Å². The van der Waals surface area contributed by atoms with Crippen LogP contribution >= 0.6 is 0 Å². The molecule has 0 unspecified atom stereocenters. The highest BCUT2D eigenvalue weighted by atomic mass is 16.6. The first-order valence-corrected chi connectivity index (χ1v) is 3.43. The SMILES string of the molecule is O=C(O)[C@@H]1O[C@H](CO)[C@@H](O)[C@H]1O. The van der Waals surface area contributed by atoms with E-state index in [4.69, 9.17) is 20.4 Å². The Hall–Kier alpha value is -0.690. The fourth-order valence-electron chi connectivity index (χ4n) is 1.10. The summed E-state index contributed by atoms with van der Waals surface area (Å²) in [6, 6.07) is 0. The van der Waals surface area contributed by atoms with E-state index in [1.165, 1.54) is 0 Å². The summed E-state index contributed by atoms with van der Waals surface area (Å²) in [6.45, 7) is -0.512. The molecule has 70 valence electrons. The topological polar surface area (TPSA) is 107 Å². The summed E-state index contributed by atoms with van der Waals surface area (Å²) in [4.78, 5) is 10.3. The average molecular weight is 178 g/mol. The molecule has 0 aromatic heterocycles. The van der Waals surface area contributed by atoms with Crippen molar-refractivity contribution in [3.63, 3.8) is 0 Å². The first-order valence-electron chi connectivity index (χ1n) is 3.43. The molecule has 0 spiro atoms. The second kappa shape index (κ2) is 3.36. The number of rotatable bonds is 2. The molecule has 1 heterocycles. The first-order chi connectivity index (χ1) is 5.57. The molecule has 0 radical (unpaired) electrons. The highest BCUT2D eigenvalue weighted by Gasteiger charge is 2.45. The fraction of sp³-hybridized carbons (Fsp3) is 0.833. The lowest BCUT2D eigenvalue weighted by Gasteiger charge is -2.10. The molecule has 6 heteroatoms. The Labute approximate surface area is 68.0 Å². The molecule has 0 bridgehead atoms. The molecule has 1 rings (SSSR count). The van der Waals surface area contributed by atoms with Gasteiger partial charge in [0.25, 0.3) is 0 Å². The van der Waals surface area contributed by atoms with Gasteiger partial charge in [0.05, 0.1) is 6.61 Å². The number of hydrogen-bond acceptors (Lipinski definition) is 5. The Kier molecular flexibility index (Phi) is 2.63. The van der Waals surface area contributed by atoms with Gasteiger partial charge >= 0.3 is 5.97 Å². The van der Waals surface area contributed by atoms with Crippen molar-refractivity contribution in [1.29, 1.82) is 0 Å². The van der Waals surface area contributed by atoms with Gasteiger partial charge < -0.3 is 25.2 Å². The van der Waals surface area contributed by atoms with Crippen LogP contribution < -0.4 is 0 Å². The number of ether oxygens (including phenoxy) is 1. The van der Waals surface area contributed by atoms with Gasteiger partial charge in [-0.05, 0) is 0 Å². The van der Waals surface area contributed by atoms with Crippen molar-refractivity contribution in [3.8, 4) is 0 Å². The van der Waals surface area contributed by atoms with E-state index in [1.807, 2.05) is 0 Å². The summed E-state index contributed by atoms with van der Waals surface area (Å²) in [5, 5.41) is 35.1. The highest BCUT2D eigenvalue weighted by Crippen LogP contribution is 2.20. The molecule has 0 saturated carbocycles. The van der Waals surface area contributed by atoms with E-state index in [-0.39, 0.29) is 0 Å². The molecule has 0 aromatic rings. The maximum absolute atomic E-state index is 10.3. The molecular formula is C6H10O6. The van der Waals surface area contributed by atoms with Gasteiger partial charge in [-0.3, -0.25) is 0 Å². The van der Waals surface area contributed by atoms with Crippen LogP contribution in [0, 0.1) is 0 Å². The molecule has 4 atom stereocenters.